The average Bonchev–Trinajstić information content (AvgIpc) is 3.55. The number of aliphatic hydroxyl groups is 1. The lowest BCUT2D eigenvalue weighted by Gasteiger charge is -1.98. The molecule has 3 aromatic rings. The summed E-state index contributed by atoms with van der Waals surface area (Å²) in [6, 6.07) is 1.56. The van der Waals surface area contributed by atoms with Crippen LogP contribution in [0.2, 0.25) is 0 Å². The second kappa shape index (κ2) is 23.2. The smallest absolute Gasteiger partial charge is 0.419 e. The van der Waals surface area contributed by atoms with Crippen LogP contribution in [0, 0.1) is 11.3 Å². The summed E-state index contributed by atoms with van der Waals surface area (Å²) in [5, 5.41) is 14.9. The lowest BCUT2D eigenvalue weighted by Crippen LogP contribution is -2.15. The fourth-order valence-electron chi connectivity index (χ4n) is 1.44. The Morgan fingerprint density at radius 2 is 1.29 bits per heavy atom. The predicted molar refractivity (Wildman–Crippen MR) is 126 cm³/mol. The van der Waals surface area contributed by atoms with Gasteiger partial charge in [0.05, 0.1) is 12.7 Å². The third-order valence-corrected chi connectivity index (χ3v) is 2.43. The maximum absolute atomic E-state index is 11.4. The standard InChI is InChI=1S/C7H6N4O.C6H8N2O2.C2H3N.C2H6O.CH3I.CH4/c12-7(10-3-1-8-5-10)11-4-2-9-6-11;1-2-10-6(9)8-4-3-7-5-8;2*1-2-3;1-2;/h1-6H;3-5H,2H2,1H3;1H3;3H,2H2,1H3;1H3;1H4. The highest BCUT2D eigenvalue weighted by atomic mass is 127. The molecule has 12 heteroatoms. The lowest BCUT2D eigenvalue weighted by atomic mass is 10.8. The Morgan fingerprint density at radius 1 is 0.968 bits per heavy atom. The van der Waals surface area contributed by atoms with E-state index in [1.807, 2.05) is 4.93 Å². The molecule has 0 amide bonds. The SMILES string of the molecule is C.CC#N.CCO.CCOC(=O)n1ccnc1.CI.O=C(n1ccnc1)n1ccnc1. The van der Waals surface area contributed by atoms with Gasteiger partial charge in [0.1, 0.15) is 19.0 Å². The van der Waals surface area contributed by atoms with E-state index >= 15 is 0 Å². The highest BCUT2D eigenvalue weighted by Crippen LogP contribution is 1.92. The number of aliphatic hydroxyl groups excluding tert-OH is 1. The van der Waals surface area contributed by atoms with E-state index in [4.69, 9.17) is 10.4 Å². The number of carbonyl (C=O) groups excluding carboxylic acids is 2. The van der Waals surface area contributed by atoms with Gasteiger partial charge in [0, 0.05) is 50.7 Å². The van der Waals surface area contributed by atoms with Gasteiger partial charge in [0.2, 0.25) is 0 Å². The Bertz CT molecular complexity index is 763. The van der Waals surface area contributed by atoms with E-state index < -0.39 is 0 Å². The number of imidazole rings is 3. The van der Waals surface area contributed by atoms with E-state index in [9.17, 15) is 9.59 Å². The summed E-state index contributed by atoms with van der Waals surface area (Å²) in [6.07, 6.45) is 13.2. The van der Waals surface area contributed by atoms with Gasteiger partial charge in [0.15, 0.2) is 0 Å². The molecular weight excluding hydrogens is 517 g/mol. The van der Waals surface area contributed by atoms with Crippen molar-refractivity contribution in [1.29, 1.82) is 5.26 Å². The number of halogens is 1. The van der Waals surface area contributed by atoms with E-state index in [0.717, 1.165) is 0 Å². The normalized spacial score (nSPS) is 7.90. The number of alkyl halides is 1. The summed E-state index contributed by atoms with van der Waals surface area (Å²) in [5.41, 5.74) is 0. The molecule has 3 heterocycles. The van der Waals surface area contributed by atoms with Gasteiger partial charge >= 0.3 is 12.1 Å². The maximum Gasteiger partial charge on any atom is 0.419 e. The van der Waals surface area contributed by atoms with Gasteiger partial charge in [-0.3, -0.25) is 9.13 Å². The van der Waals surface area contributed by atoms with Crippen molar-refractivity contribution in [1.82, 2.24) is 28.7 Å². The zero-order chi connectivity index (χ0) is 23.2. The van der Waals surface area contributed by atoms with Crippen molar-refractivity contribution in [3.63, 3.8) is 0 Å². The van der Waals surface area contributed by atoms with Crippen LogP contribution < -0.4 is 0 Å². The molecule has 3 aromatic heterocycles. The average molecular weight is 547 g/mol. The van der Waals surface area contributed by atoms with Crippen LogP contribution in [-0.4, -0.2) is 64.0 Å². The van der Waals surface area contributed by atoms with E-state index in [-0.39, 0.29) is 26.2 Å². The largest absolute Gasteiger partial charge is 0.449 e. The van der Waals surface area contributed by atoms with Crippen LogP contribution in [-0.2, 0) is 4.74 Å². The summed E-state index contributed by atoms with van der Waals surface area (Å²) < 4.78 is 8.70. The number of hydrogen-bond acceptors (Lipinski definition) is 8. The van der Waals surface area contributed by atoms with Crippen LogP contribution in [0.25, 0.3) is 0 Å². The van der Waals surface area contributed by atoms with E-state index in [0.29, 0.717) is 6.61 Å². The molecular formula is C19H30IN7O4. The van der Waals surface area contributed by atoms with Crippen molar-refractivity contribution >= 4 is 34.7 Å². The van der Waals surface area contributed by atoms with Crippen molar-refractivity contribution < 1.29 is 19.4 Å². The third kappa shape index (κ3) is 15.5. The highest BCUT2D eigenvalue weighted by Gasteiger charge is 2.04. The Morgan fingerprint density at radius 3 is 1.55 bits per heavy atom. The van der Waals surface area contributed by atoms with Crippen molar-refractivity contribution in [2.24, 2.45) is 0 Å². The van der Waals surface area contributed by atoms with Crippen molar-refractivity contribution in [3.05, 3.63) is 56.2 Å². The Kier molecular flexibility index (Phi) is 24.4. The molecule has 0 aliphatic carbocycles. The maximum atomic E-state index is 11.4. The number of carbonyl (C=O) groups is 2. The van der Waals surface area contributed by atoms with Gasteiger partial charge in [-0.25, -0.2) is 29.1 Å². The second-order valence-corrected chi connectivity index (χ2v) is 4.43. The molecule has 0 aromatic carbocycles. The van der Waals surface area contributed by atoms with Gasteiger partial charge in [-0.15, -0.1) is 0 Å². The molecule has 3 rings (SSSR count). The summed E-state index contributed by atoms with van der Waals surface area (Å²) >= 11 is 2.15. The second-order valence-electron chi connectivity index (χ2n) is 4.43. The first-order valence-corrected chi connectivity index (χ1v) is 10.7. The van der Waals surface area contributed by atoms with Crippen molar-refractivity contribution in [2.45, 2.75) is 28.2 Å². The van der Waals surface area contributed by atoms with Crippen LogP contribution in [0.15, 0.2) is 56.2 Å². The molecule has 0 radical (unpaired) electrons. The number of nitrogens with zero attached hydrogens (tertiary/aromatic N) is 7. The van der Waals surface area contributed by atoms with Crippen LogP contribution in [0.5, 0.6) is 0 Å². The molecule has 31 heavy (non-hydrogen) atoms. The van der Waals surface area contributed by atoms with Crippen LogP contribution in [0.1, 0.15) is 28.2 Å². The molecule has 0 bridgehead atoms. The van der Waals surface area contributed by atoms with Gasteiger partial charge in [0.25, 0.3) is 0 Å². The predicted octanol–water partition coefficient (Wildman–Crippen LogP) is 3.70. The first-order valence-electron chi connectivity index (χ1n) is 8.50. The van der Waals surface area contributed by atoms with Gasteiger partial charge < -0.3 is 9.84 Å². The minimum absolute atomic E-state index is 0. The van der Waals surface area contributed by atoms with E-state index in [1.165, 1.54) is 52.0 Å². The molecule has 0 aliphatic rings. The summed E-state index contributed by atoms with van der Waals surface area (Å²) in [5.74, 6) is 0. The summed E-state index contributed by atoms with van der Waals surface area (Å²) in [4.78, 5) is 35.4. The number of ether oxygens (including phenoxy) is 1. The zero-order valence-corrected chi connectivity index (χ0v) is 19.4. The minimum Gasteiger partial charge on any atom is -0.449 e. The number of hydrogen-bond donors (Lipinski definition) is 1. The highest BCUT2D eigenvalue weighted by molar-refractivity contribution is 14.1. The number of nitriles is 1. The third-order valence-electron chi connectivity index (χ3n) is 2.43. The fraction of sp³-hybridized carbons (Fsp3) is 0.368. The monoisotopic (exact) mass is 547 g/mol. The summed E-state index contributed by atoms with van der Waals surface area (Å²) in [7, 11) is 0. The minimum atomic E-state index is -0.389. The quantitative estimate of drug-likeness (QED) is 0.359. The molecule has 11 nitrogen and oxygen atoms in total. The first kappa shape index (κ1) is 32.6. The molecule has 0 atom stereocenters. The molecule has 0 saturated heterocycles. The number of aromatic nitrogens is 6. The molecule has 0 aliphatic heterocycles. The van der Waals surface area contributed by atoms with E-state index in [1.54, 1.807) is 44.7 Å². The topological polar surface area (TPSA) is 141 Å². The molecule has 0 fully saturated rings. The zero-order valence-electron chi connectivity index (χ0n) is 17.3. The molecule has 0 saturated carbocycles. The fourth-order valence-corrected chi connectivity index (χ4v) is 1.44. The van der Waals surface area contributed by atoms with Crippen LogP contribution in [0.4, 0.5) is 9.59 Å². The Hall–Kier alpha value is -3.05. The Balaban J connectivity index is -0.000000375. The number of rotatable bonds is 1. The first-order chi connectivity index (χ1) is 14.5. The van der Waals surface area contributed by atoms with Crippen LogP contribution in [0.3, 0.4) is 0 Å². The van der Waals surface area contributed by atoms with Gasteiger partial charge in [-0.05, 0) is 18.8 Å². The van der Waals surface area contributed by atoms with Gasteiger partial charge in [-0.1, -0.05) is 30.0 Å². The molecule has 1 N–H and O–H groups in total. The molecule has 172 valence electrons. The van der Waals surface area contributed by atoms with Crippen molar-refractivity contribution in [2.75, 3.05) is 18.1 Å². The van der Waals surface area contributed by atoms with E-state index in [2.05, 4.69) is 42.3 Å². The Labute approximate surface area is 196 Å². The van der Waals surface area contributed by atoms with Crippen molar-refractivity contribution in [3.8, 4) is 6.07 Å². The molecule has 0 unspecified atom stereocenters. The van der Waals surface area contributed by atoms with Gasteiger partial charge in [-0.2, -0.15) is 5.26 Å². The lowest BCUT2D eigenvalue weighted by molar-refractivity contribution is 0.154. The van der Waals surface area contributed by atoms with Crippen LogP contribution >= 0.6 is 22.6 Å². The summed E-state index contributed by atoms with van der Waals surface area (Å²) in [6.45, 7) is 5.51. The molecule has 0 spiro atoms.